The maximum atomic E-state index is 12.9. The highest BCUT2D eigenvalue weighted by Gasteiger charge is 2.54. The molecule has 0 aliphatic heterocycles. The number of ether oxygens (including phenoxy) is 2. The van der Waals surface area contributed by atoms with Crippen molar-refractivity contribution in [1.82, 2.24) is 10.9 Å². The highest BCUT2D eigenvalue weighted by Crippen LogP contribution is 2.60. The Balaban J connectivity index is 1.27. The molecule has 0 saturated heterocycles. The molecule has 1 aromatic carbocycles. The van der Waals surface area contributed by atoms with E-state index in [1.807, 2.05) is 25.1 Å². The molecule has 0 radical (unpaired) electrons. The number of benzene rings is 1. The maximum absolute atomic E-state index is 12.9. The van der Waals surface area contributed by atoms with Crippen LogP contribution in [0.5, 0.6) is 11.5 Å². The molecule has 4 saturated carbocycles. The van der Waals surface area contributed by atoms with Crippen LogP contribution in [0, 0.1) is 23.2 Å². The van der Waals surface area contributed by atoms with Gasteiger partial charge in [0.2, 0.25) is 5.91 Å². The number of rotatable bonds is 7. The van der Waals surface area contributed by atoms with E-state index in [9.17, 15) is 9.59 Å². The summed E-state index contributed by atoms with van der Waals surface area (Å²) in [6, 6.07) is 7.29. The van der Waals surface area contributed by atoms with Crippen molar-refractivity contribution in [3.8, 4) is 11.5 Å². The fourth-order valence-electron chi connectivity index (χ4n) is 5.73. The fraction of sp³-hybridized carbons (Fsp3) is 0.636. The summed E-state index contributed by atoms with van der Waals surface area (Å²) in [5.74, 6) is 2.82. The van der Waals surface area contributed by atoms with Gasteiger partial charge in [0.1, 0.15) is 0 Å². The Morgan fingerprint density at radius 1 is 0.964 bits per heavy atom. The van der Waals surface area contributed by atoms with Gasteiger partial charge in [-0.05, 0) is 74.8 Å². The molecule has 0 spiro atoms. The van der Waals surface area contributed by atoms with E-state index >= 15 is 0 Å². The van der Waals surface area contributed by atoms with Gasteiger partial charge in [-0.25, -0.2) is 0 Å². The summed E-state index contributed by atoms with van der Waals surface area (Å²) in [5.41, 5.74) is 4.94. The van der Waals surface area contributed by atoms with Crippen molar-refractivity contribution in [2.75, 3.05) is 13.2 Å². The van der Waals surface area contributed by atoms with Crippen LogP contribution in [0.1, 0.15) is 51.9 Å². The molecular formula is C22H30N2O4. The minimum absolute atomic E-state index is 0.0216. The second kappa shape index (κ2) is 8.02. The molecule has 4 aliphatic carbocycles. The summed E-state index contributed by atoms with van der Waals surface area (Å²) >= 11 is 0. The molecule has 0 atom stereocenters. The van der Waals surface area contributed by atoms with E-state index in [4.69, 9.17) is 9.47 Å². The van der Waals surface area contributed by atoms with Crippen LogP contribution in [0.3, 0.4) is 0 Å². The fourth-order valence-corrected chi connectivity index (χ4v) is 5.73. The molecule has 2 amide bonds. The van der Waals surface area contributed by atoms with Crippen molar-refractivity contribution in [1.29, 1.82) is 0 Å². The SMILES string of the molecule is CCCOc1ccccc1OCC(=O)NNC(=O)C12CC3CC(CC(C3)C1)C2. The molecule has 0 aromatic heterocycles. The maximum Gasteiger partial charge on any atom is 0.276 e. The third-order valence-electron chi connectivity index (χ3n) is 6.50. The monoisotopic (exact) mass is 386 g/mol. The number of carbonyl (C=O) groups excluding carboxylic acids is 2. The molecule has 6 heteroatoms. The predicted molar refractivity (Wildman–Crippen MR) is 105 cm³/mol. The molecule has 152 valence electrons. The minimum atomic E-state index is -0.372. The minimum Gasteiger partial charge on any atom is -0.490 e. The van der Waals surface area contributed by atoms with Gasteiger partial charge in [0.15, 0.2) is 18.1 Å². The zero-order valence-electron chi connectivity index (χ0n) is 16.5. The first-order valence-corrected chi connectivity index (χ1v) is 10.5. The Morgan fingerprint density at radius 2 is 1.54 bits per heavy atom. The summed E-state index contributed by atoms with van der Waals surface area (Å²) < 4.78 is 11.2. The summed E-state index contributed by atoms with van der Waals surface area (Å²) in [7, 11) is 0. The van der Waals surface area contributed by atoms with Gasteiger partial charge in [-0.1, -0.05) is 19.1 Å². The summed E-state index contributed by atoms with van der Waals surface area (Å²) in [6.45, 7) is 2.45. The van der Waals surface area contributed by atoms with E-state index in [0.717, 1.165) is 25.7 Å². The Morgan fingerprint density at radius 3 is 2.11 bits per heavy atom. The molecule has 5 rings (SSSR count). The van der Waals surface area contributed by atoms with E-state index in [1.165, 1.54) is 19.3 Å². The third kappa shape index (κ3) is 3.96. The van der Waals surface area contributed by atoms with Crippen LogP contribution >= 0.6 is 0 Å². The van der Waals surface area contributed by atoms with E-state index in [2.05, 4.69) is 10.9 Å². The number of carbonyl (C=O) groups is 2. The third-order valence-corrected chi connectivity index (χ3v) is 6.50. The van der Waals surface area contributed by atoms with Gasteiger partial charge >= 0.3 is 0 Å². The number of para-hydroxylation sites is 2. The van der Waals surface area contributed by atoms with Crippen LogP contribution in [-0.2, 0) is 9.59 Å². The topological polar surface area (TPSA) is 76.7 Å². The molecule has 4 bridgehead atoms. The zero-order chi connectivity index (χ0) is 19.6. The second-order valence-electron chi connectivity index (χ2n) is 8.78. The van der Waals surface area contributed by atoms with Gasteiger partial charge in [0, 0.05) is 0 Å². The molecular weight excluding hydrogens is 356 g/mol. The standard InChI is InChI=1S/C22H30N2O4/c1-2-7-27-18-5-3-4-6-19(18)28-14-20(25)23-24-21(26)22-11-15-8-16(12-22)10-17(9-15)13-22/h3-6,15-17H,2,7-14H2,1H3,(H,23,25)(H,24,26). The van der Waals surface area contributed by atoms with Crippen LogP contribution in [-0.4, -0.2) is 25.0 Å². The Bertz CT molecular complexity index is 698. The van der Waals surface area contributed by atoms with Gasteiger partial charge in [-0.2, -0.15) is 0 Å². The highest BCUT2D eigenvalue weighted by atomic mass is 16.5. The van der Waals surface area contributed by atoms with Crippen molar-refractivity contribution in [2.45, 2.75) is 51.9 Å². The van der Waals surface area contributed by atoms with Gasteiger partial charge in [0.05, 0.1) is 12.0 Å². The summed E-state index contributed by atoms with van der Waals surface area (Å²) in [4.78, 5) is 25.0. The molecule has 4 fully saturated rings. The first-order valence-electron chi connectivity index (χ1n) is 10.5. The van der Waals surface area contributed by atoms with Crippen molar-refractivity contribution in [2.24, 2.45) is 23.2 Å². The normalized spacial score (nSPS) is 30.0. The van der Waals surface area contributed by atoms with E-state index in [-0.39, 0.29) is 23.8 Å². The first kappa shape index (κ1) is 19.1. The average molecular weight is 386 g/mol. The molecule has 4 aliphatic rings. The van der Waals surface area contributed by atoms with Crippen molar-refractivity contribution >= 4 is 11.8 Å². The van der Waals surface area contributed by atoms with E-state index in [0.29, 0.717) is 35.9 Å². The lowest BCUT2D eigenvalue weighted by Gasteiger charge is -2.55. The largest absolute Gasteiger partial charge is 0.490 e. The number of amides is 2. The summed E-state index contributed by atoms with van der Waals surface area (Å²) in [6.07, 6.45) is 7.66. The Hall–Kier alpha value is -2.24. The van der Waals surface area contributed by atoms with Crippen molar-refractivity contribution in [3.63, 3.8) is 0 Å². The molecule has 28 heavy (non-hydrogen) atoms. The molecule has 0 heterocycles. The predicted octanol–water partition coefficient (Wildman–Crippen LogP) is 3.22. The lowest BCUT2D eigenvalue weighted by Crippen LogP contribution is -2.57. The van der Waals surface area contributed by atoms with Crippen LogP contribution in [0.4, 0.5) is 0 Å². The highest BCUT2D eigenvalue weighted by molar-refractivity contribution is 5.86. The van der Waals surface area contributed by atoms with Gasteiger partial charge < -0.3 is 9.47 Å². The lowest BCUT2D eigenvalue weighted by atomic mass is 9.49. The smallest absolute Gasteiger partial charge is 0.276 e. The van der Waals surface area contributed by atoms with Crippen LogP contribution in [0.2, 0.25) is 0 Å². The van der Waals surface area contributed by atoms with Crippen LogP contribution in [0.15, 0.2) is 24.3 Å². The lowest BCUT2D eigenvalue weighted by molar-refractivity contribution is -0.149. The van der Waals surface area contributed by atoms with Gasteiger partial charge in [0.25, 0.3) is 5.91 Å². The Kier molecular flexibility index (Phi) is 5.47. The van der Waals surface area contributed by atoms with Crippen LogP contribution < -0.4 is 20.3 Å². The molecule has 1 aromatic rings. The van der Waals surface area contributed by atoms with Gasteiger partial charge in [-0.15, -0.1) is 0 Å². The molecule has 2 N–H and O–H groups in total. The average Bonchev–Trinajstić information content (AvgIpc) is 2.68. The van der Waals surface area contributed by atoms with Crippen molar-refractivity contribution < 1.29 is 19.1 Å². The van der Waals surface area contributed by atoms with Crippen molar-refractivity contribution in [3.05, 3.63) is 24.3 Å². The van der Waals surface area contributed by atoms with Crippen LogP contribution in [0.25, 0.3) is 0 Å². The number of hydrogen-bond donors (Lipinski definition) is 2. The zero-order valence-corrected chi connectivity index (χ0v) is 16.5. The molecule has 0 unspecified atom stereocenters. The Labute approximate surface area is 166 Å². The second-order valence-corrected chi connectivity index (χ2v) is 8.78. The number of nitrogens with one attached hydrogen (secondary N) is 2. The summed E-state index contributed by atoms with van der Waals surface area (Å²) in [5, 5.41) is 0. The quantitative estimate of drug-likeness (QED) is 0.706. The number of hydrogen-bond acceptors (Lipinski definition) is 4. The molecule has 6 nitrogen and oxygen atoms in total. The number of hydrazine groups is 1. The van der Waals surface area contributed by atoms with E-state index in [1.54, 1.807) is 6.07 Å². The van der Waals surface area contributed by atoms with E-state index < -0.39 is 0 Å². The van der Waals surface area contributed by atoms with Gasteiger partial charge in [-0.3, -0.25) is 20.4 Å². The first-order chi connectivity index (χ1) is 13.6.